The molecule has 0 atom stereocenters. The van der Waals surface area contributed by atoms with Crippen LogP contribution in [0.5, 0.6) is 0 Å². The van der Waals surface area contributed by atoms with Gasteiger partial charge in [-0.15, -0.1) is 0 Å². The van der Waals surface area contributed by atoms with Gasteiger partial charge in [0.2, 0.25) is 0 Å². The third-order valence-electron chi connectivity index (χ3n) is 2.41. The van der Waals surface area contributed by atoms with Gasteiger partial charge in [-0.1, -0.05) is 0 Å². The van der Waals surface area contributed by atoms with Gasteiger partial charge in [0.15, 0.2) is 5.57 Å². The van der Waals surface area contributed by atoms with E-state index in [1.165, 1.54) is 19.1 Å². The number of allylic oxidation sites excluding steroid dienone is 2. The maximum absolute atomic E-state index is 11.0. The number of nitriles is 3. The Labute approximate surface area is 122 Å². The standard InChI is InChI=1S/C12H6BrN5O2/c1-7-10(3-2-9(13)12(7)18(19)20)17-11(6-16)8(4-14)5-15/h2-3,17H,1H3. The Morgan fingerprint density at radius 2 is 1.90 bits per heavy atom. The number of rotatable bonds is 3. The van der Waals surface area contributed by atoms with Crippen molar-refractivity contribution in [1.82, 2.24) is 0 Å². The fraction of sp³-hybridized carbons (Fsp3) is 0.0833. The van der Waals surface area contributed by atoms with Gasteiger partial charge in [0, 0.05) is 5.69 Å². The fourth-order valence-corrected chi connectivity index (χ4v) is 2.02. The summed E-state index contributed by atoms with van der Waals surface area (Å²) in [4.78, 5) is 10.4. The highest BCUT2D eigenvalue weighted by Crippen LogP contribution is 2.33. The van der Waals surface area contributed by atoms with Crippen molar-refractivity contribution < 1.29 is 4.92 Å². The molecule has 0 aliphatic rings. The van der Waals surface area contributed by atoms with Crippen LogP contribution in [0.4, 0.5) is 11.4 Å². The van der Waals surface area contributed by atoms with Gasteiger partial charge < -0.3 is 5.32 Å². The molecule has 1 N–H and O–H groups in total. The number of nitro benzene ring substituents is 1. The smallest absolute Gasteiger partial charge is 0.288 e. The van der Waals surface area contributed by atoms with Gasteiger partial charge in [-0.25, -0.2) is 0 Å². The lowest BCUT2D eigenvalue weighted by atomic mass is 10.1. The lowest BCUT2D eigenvalue weighted by Gasteiger charge is -2.09. The first-order chi connectivity index (χ1) is 9.46. The predicted octanol–water partition coefficient (Wildman–Crippen LogP) is 2.90. The molecule has 8 heteroatoms. The molecule has 0 aromatic heterocycles. The molecule has 0 fully saturated rings. The summed E-state index contributed by atoms with van der Waals surface area (Å²) in [5.41, 5.74) is -0.234. The quantitative estimate of drug-likeness (QED) is 0.515. The Morgan fingerprint density at radius 3 is 2.35 bits per heavy atom. The summed E-state index contributed by atoms with van der Waals surface area (Å²) in [6.45, 7) is 1.50. The van der Waals surface area contributed by atoms with E-state index in [1.807, 2.05) is 0 Å². The van der Waals surface area contributed by atoms with Gasteiger partial charge in [0.25, 0.3) is 5.69 Å². The largest absolute Gasteiger partial charge is 0.345 e. The Bertz CT molecular complexity index is 718. The van der Waals surface area contributed by atoms with Crippen LogP contribution in [-0.4, -0.2) is 4.92 Å². The zero-order valence-electron chi connectivity index (χ0n) is 10.1. The fourth-order valence-electron chi connectivity index (χ4n) is 1.44. The van der Waals surface area contributed by atoms with Crippen LogP contribution in [0.1, 0.15) is 5.56 Å². The first kappa shape index (κ1) is 15.2. The number of nitrogens with zero attached hydrogens (tertiary/aromatic N) is 4. The second-order valence-corrected chi connectivity index (χ2v) is 4.39. The van der Waals surface area contributed by atoms with Gasteiger partial charge in [0.1, 0.15) is 23.9 Å². The second-order valence-electron chi connectivity index (χ2n) is 3.54. The van der Waals surface area contributed by atoms with Crippen molar-refractivity contribution in [3.05, 3.63) is 43.6 Å². The van der Waals surface area contributed by atoms with Crippen LogP contribution in [0.2, 0.25) is 0 Å². The Balaban J connectivity index is 3.40. The number of hydrogen-bond acceptors (Lipinski definition) is 6. The number of nitro groups is 1. The molecule has 1 aromatic carbocycles. The summed E-state index contributed by atoms with van der Waals surface area (Å²) in [7, 11) is 0. The van der Waals surface area contributed by atoms with Gasteiger partial charge >= 0.3 is 0 Å². The first-order valence-electron chi connectivity index (χ1n) is 5.11. The molecule has 0 heterocycles. The average Bonchev–Trinajstić information content (AvgIpc) is 2.41. The molecule has 0 saturated carbocycles. The molecule has 0 bridgehead atoms. The number of anilines is 1. The monoisotopic (exact) mass is 331 g/mol. The van der Waals surface area contributed by atoms with E-state index in [2.05, 4.69) is 21.2 Å². The summed E-state index contributed by atoms with van der Waals surface area (Å²) >= 11 is 3.07. The van der Waals surface area contributed by atoms with Crippen molar-refractivity contribution in [2.75, 3.05) is 5.32 Å². The van der Waals surface area contributed by atoms with Crippen LogP contribution in [0, 0.1) is 51.0 Å². The number of benzene rings is 1. The molecule has 0 spiro atoms. The van der Waals surface area contributed by atoms with Crippen molar-refractivity contribution in [2.45, 2.75) is 6.92 Å². The van der Waals surface area contributed by atoms with E-state index in [0.717, 1.165) is 0 Å². The van der Waals surface area contributed by atoms with Crippen molar-refractivity contribution in [3.8, 4) is 18.2 Å². The molecule has 0 aliphatic carbocycles. The minimum Gasteiger partial charge on any atom is -0.345 e. The Morgan fingerprint density at radius 1 is 1.30 bits per heavy atom. The van der Waals surface area contributed by atoms with E-state index >= 15 is 0 Å². The molecule has 1 rings (SSSR count). The molecule has 20 heavy (non-hydrogen) atoms. The normalized spacial score (nSPS) is 8.75. The number of hydrogen-bond donors (Lipinski definition) is 1. The van der Waals surface area contributed by atoms with Crippen LogP contribution in [-0.2, 0) is 0 Å². The summed E-state index contributed by atoms with van der Waals surface area (Å²) in [5.74, 6) is 0. The minimum atomic E-state index is -0.560. The van der Waals surface area contributed by atoms with E-state index in [0.29, 0.717) is 4.47 Å². The van der Waals surface area contributed by atoms with Crippen molar-refractivity contribution in [3.63, 3.8) is 0 Å². The third-order valence-corrected chi connectivity index (χ3v) is 3.05. The molecule has 7 nitrogen and oxygen atoms in total. The molecule has 0 saturated heterocycles. The SMILES string of the molecule is Cc1c(NC(C#N)=C(C#N)C#N)ccc(Br)c1[N+](=O)[O-]. The van der Waals surface area contributed by atoms with Crippen LogP contribution >= 0.6 is 15.9 Å². The molecule has 0 aliphatic heterocycles. The summed E-state index contributed by atoms with van der Waals surface area (Å²) in [6.07, 6.45) is 0. The molecule has 1 aromatic rings. The van der Waals surface area contributed by atoms with E-state index < -0.39 is 10.5 Å². The lowest BCUT2D eigenvalue weighted by molar-refractivity contribution is -0.386. The molecule has 0 radical (unpaired) electrons. The Hall–Kier alpha value is -2.89. The predicted molar refractivity (Wildman–Crippen MR) is 73.0 cm³/mol. The molecular weight excluding hydrogens is 326 g/mol. The number of nitrogens with one attached hydrogen (secondary N) is 1. The number of halogens is 1. The van der Waals surface area contributed by atoms with E-state index in [-0.39, 0.29) is 22.6 Å². The third kappa shape index (κ3) is 2.92. The molecular formula is C12H6BrN5O2. The summed E-state index contributed by atoms with van der Waals surface area (Å²) in [5, 5.41) is 39.9. The van der Waals surface area contributed by atoms with Crippen LogP contribution < -0.4 is 5.32 Å². The average molecular weight is 332 g/mol. The minimum absolute atomic E-state index is 0.150. The summed E-state index contributed by atoms with van der Waals surface area (Å²) < 4.78 is 0.300. The zero-order chi connectivity index (χ0) is 15.3. The van der Waals surface area contributed by atoms with E-state index in [9.17, 15) is 10.1 Å². The topological polar surface area (TPSA) is 127 Å². The maximum Gasteiger partial charge on any atom is 0.288 e. The molecule has 98 valence electrons. The zero-order valence-corrected chi connectivity index (χ0v) is 11.7. The molecule has 0 amide bonds. The van der Waals surface area contributed by atoms with Crippen LogP contribution in [0.3, 0.4) is 0 Å². The van der Waals surface area contributed by atoms with Crippen molar-refractivity contribution >= 4 is 27.3 Å². The van der Waals surface area contributed by atoms with Crippen LogP contribution in [0.25, 0.3) is 0 Å². The molecule has 0 unspecified atom stereocenters. The second kappa shape index (κ2) is 6.33. The maximum atomic E-state index is 11.0. The van der Waals surface area contributed by atoms with Crippen molar-refractivity contribution in [1.29, 1.82) is 15.8 Å². The van der Waals surface area contributed by atoms with Crippen LogP contribution in [0.15, 0.2) is 27.9 Å². The summed E-state index contributed by atoms with van der Waals surface area (Å²) in [6, 6.07) is 7.80. The van der Waals surface area contributed by atoms with Gasteiger partial charge in [-0.05, 0) is 35.0 Å². The van der Waals surface area contributed by atoms with Gasteiger partial charge in [0.05, 0.1) is 15.0 Å². The highest BCUT2D eigenvalue weighted by Gasteiger charge is 2.19. The highest BCUT2D eigenvalue weighted by atomic mass is 79.9. The van der Waals surface area contributed by atoms with E-state index in [1.54, 1.807) is 18.2 Å². The van der Waals surface area contributed by atoms with E-state index in [4.69, 9.17) is 15.8 Å². The Kier molecular flexibility index (Phi) is 4.80. The van der Waals surface area contributed by atoms with Crippen molar-refractivity contribution in [2.24, 2.45) is 0 Å². The first-order valence-corrected chi connectivity index (χ1v) is 5.90. The van der Waals surface area contributed by atoms with Gasteiger partial charge in [-0.2, -0.15) is 15.8 Å². The van der Waals surface area contributed by atoms with Gasteiger partial charge in [-0.3, -0.25) is 10.1 Å². The highest BCUT2D eigenvalue weighted by molar-refractivity contribution is 9.10. The lowest BCUT2D eigenvalue weighted by Crippen LogP contribution is -2.04.